The van der Waals surface area contributed by atoms with Crippen molar-refractivity contribution in [3.8, 4) is 22.4 Å². The minimum Gasteiger partial charge on any atom is -0.478 e. The predicted octanol–water partition coefficient (Wildman–Crippen LogP) is 5.14. The Bertz CT molecular complexity index is 1150. The van der Waals surface area contributed by atoms with Gasteiger partial charge in [-0.1, -0.05) is 17.7 Å². The van der Waals surface area contributed by atoms with E-state index in [0.29, 0.717) is 0 Å². The van der Waals surface area contributed by atoms with Crippen LogP contribution >= 0.6 is 11.6 Å². The molecule has 0 spiro atoms. The van der Waals surface area contributed by atoms with Gasteiger partial charge in [-0.25, -0.2) is 9.18 Å². The Labute approximate surface area is 178 Å². The molecule has 0 amide bonds. The summed E-state index contributed by atoms with van der Waals surface area (Å²) in [5, 5.41) is 23.4. The first-order valence-corrected chi connectivity index (χ1v) is 9.55. The van der Waals surface area contributed by atoms with Gasteiger partial charge < -0.3 is 15.2 Å². The summed E-state index contributed by atoms with van der Waals surface area (Å²) >= 11 is 6.03. The number of aromatic carboxylic acids is 1. The lowest BCUT2D eigenvalue weighted by Gasteiger charge is -2.41. The van der Waals surface area contributed by atoms with Gasteiger partial charge in [-0.3, -0.25) is 4.68 Å². The van der Waals surface area contributed by atoms with Crippen molar-refractivity contribution in [2.75, 3.05) is 0 Å². The maximum absolute atomic E-state index is 14.4. The molecule has 3 N–H and O–H groups in total. The average Bonchev–Trinajstić information content (AvgIpc) is 3.23. The fourth-order valence-electron chi connectivity index (χ4n) is 4.04. The van der Waals surface area contributed by atoms with Crippen LogP contribution in [0.5, 0.6) is 0 Å². The van der Waals surface area contributed by atoms with Crippen LogP contribution in [0.4, 0.5) is 17.6 Å². The zero-order valence-corrected chi connectivity index (χ0v) is 16.7. The minimum absolute atomic E-state index is 0.0732. The number of H-pyrrole nitrogens is 1. The molecule has 11 heteroatoms. The summed E-state index contributed by atoms with van der Waals surface area (Å²) in [5.74, 6) is -2.37. The van der Waals surface area contributed by atoms with Crippen molar-refractivity contribution in [2.45, 2.75) is 37.6 Å². The molecule has 1 saturated carbocycles. The van der Waals surface area contributed by atoms with E-state index in [1.54, 1.807) is 0 Å². The highest BCUT2D eigenvalue weighted by Gasteiger charge is 2.46. The Balaban J connectivity index is 1.91. The fourth-order valence-corrected chi connectivity index (χ4v) is 4.31. The lowest BCUT2D eigenvalue weighted by atomic mass is 9.77. The van der Waals surface area contributed by atoms with Crippen molar-refractivity contribution >= 4 is 17.6 Å². The molecule has 1 aliphatic rings. The summed E-state index contributed by atoms with van der Waals surface area (Å²) in [7, 11) is 0. The second-order valence-electron chi connectivity index (χ2n) is 7.76. The molecule has 0 unspecified atom stereocenters. The first-order chi connectivity index (χ1) is 14.4. The molecule has 0 aliphatic heterocycles. The molecule has 1 aromatic carbocycles. The maximum atomic E-state index is 14.4. The smallest absolute Gasteiger partial charge is 0.433 e. The van der Waals surface area contributed by atoms with Gasteiger partial charge in [0.15, 0.2) is 5.69 Å². The fraction of sp³-hybridized carbons (Fsp3) is 0.300. The van der Waals surface area contributed by atoms with Crippen molar-refractivity contribution in [1.29, 1.82) is 0 Å². The van der Waals surface area contributed by atoms with Crippen LogP contribution in [-0.4, -0.2) is 36.5 Å². The van der Waals surface area contributed by atoms with Gasteiger partial charge in [0.25, 0.3) is 0 Å². The summed E-state index contributed by atoms with van der Waals surface area (Å²) in [6.07, 6.45) is -2.69. The largest absolute Gasteiger partial charge is 0.478 e. The number of hydrogen-bond donors (Lipinski definition) is 3. The van der Waals surface area contributed by atoms with Gasteiger partial charge >= 0.3 is 12.1 Å². The van der Waals surface area contributed by atoms with Crippen LogP contribution in [0.25, 0.3) is 22.4 Å². The summed E-state index contributed by atoms with van der Waals surface area (Å²) < 4.78 is 57.0. The molecule has 4 rings (SSSR count). The van der Waals surface area contributed by atoms with Crippen LogP contribution in [-0.2, 0) is 6.18 Å². The number of hydrogen-bond acceptors (Lipinski definition) is 3. The van der Waals surface area contributed by atoms with E-state index >= 15 is 0 Å². The Morgan fingerprint density at radius 1 is 1.32 bits per heavy atom. The molecule has 0 saturated heterocycles. The van der Waals surface area contributed by atoms with E-state index in [-0.39, 0.29) is 34.7 Å². The lowest BCUT2D eigenvalue weighted by Crippen LogP contribution is -2.43. The number of alkyl halides is 3. The van der Waals surface area contributed by atoms with Crippen molar-refractivity contribution < 1.29 is 32.6 Å². The molecule has 6 nitrogen and oxygen atoms in total. The number of carbonyl (C=O) groups is 1. The number of aromatic amines is 1. The van der Waals surface area contributed by atoms with Gasteiger partial charge in [-0.2, -0.15) is 18.3 Å². The number of carboxylic acids is 1. The summed E-state index contributed by atoms with van der Waals surface area (Å²) in [6.45, 7) is 1.51. The molecule has 0 radical (unpaired) electrons. The molecule has 0 atom stereocenters. The van der Waals surface area contributed by atoms with E-state index in [4.69, 9.17) is 11.6 Å². The maximum Gasteiger partial charge on any atom is 0.433 e. The van der Waals surface area contributed by atoms with Crippen LogP contribution in [0.2, 0.25) is 5.02 Å². The van der Waals surface area contributed by atoms with Crippen LogP contribution in [0, 0.1) is 5.82 Å². The second-order valence-corrected chi connectivity index (χ2v) is 8.17. The van der Waals surface area contributed by atoms with Gasteiger partial charge in [0.05, 0.1) is 34.1 Å². The Morgan fingerprint density at radius 2 is 2.00 bits per heavy atom. The monoisotopic (exact) mass is 457 g/mol. The van der Waals surface area contributed by atoms with Gasteiger partial charge in [-0.15, -0.1) is 0 Å². The molecule has 31 heavy (non-hydrogen) atoms. The topological polar surface area (TPSA) is 91.1 Å². The second kappa shape index (κ2) is 7.10. The molecule has 2 aromatic heterocycles. The SMILES string of the molecule is CC1(O)CC(n2ncc(-c3[nH]cc(-c4c(F)cccc4Cl)c3C(=O)O)c2C(F)(F)F)C1. The number of benzene rings is 1. The Morgan fingerprint density at radius 3 is 2.55 bits per heavy atom. The summed E-state index contributed by atoms with van der Waals surface area (Å²) in [6, 6.07) is 3.05. The van der Waals surface area contributed by atoms with Crippen LogP contribution in [0.3, 0.4) is 0 Å². The highest BCUT2D eigenvalue weighted by Crippen LogP contribution is 2.47. The van der Waals surface area contributed by atoms with Gasteiger partial charge in [0.2, 0.25) is 0 Å². The van der Waals surface area contributed by atoms with Crippen LogP contribution in [0.15, 0.2) is 30.6 Å². The molecule has 164 valence electrons. The van der Waals surface area contributed by atoms with Gasteiger partial charge in [-0.05, 0) is 31.9 Å². The van der Waals surface area contributed by atoms with Crippen LogP contribution < -0.4 is 0 Å². The first-order valence-electron chi connectivity index (χ1n) is 9.17. The number of carboxylic acid groups (broad SMARTS) is 1. The average molecular weight is 458 g/mol. The molecule has 2 heterocycles. The highest BCUT2D eigenvalue weighted by atomic mass is 35.5. The zero-order chi connectivity index (χ0) is 22.7. The van der Waals surface area contributed by atoms with E-state index < -0.39 is 46.4 Å². The zero-order valence-electron chi connectivity index (χ0n) is 16.0. The predicted molar refractivity (Wildman–Crippen MR) is 103 cm³/mol. The number of aliphatic hydroxyl groups is 1. The number of nitrogens with one attached hydrogen (secondary N) is 1. The number of halogens is 5. The Kier molecular flexibility index (Phi) is 4.90. The number of nitrogens with zero attached hydrogens (tertiary/aromatic N) is 2. The summed E-state index contributed by atoms with van der Waals surface area (Å²) in [4.78, 5) is 14.5. The molecule has 1 fully saturated rings. The standard InChI is InChI=1S/C20H16ClF4N3O3/c1-19(31)5-9(6-19)28-17(20(23,24)25)11(8-27-28)16-15(18(29)30)10(7-26-16)14-12(21)3-2-4-13(14)22/h2-4,7-9,26,31H,5-6H2,1H3,(H,29,30). The summed E-state index contributed by atoms with van der Waals surface area (Å²) in [5.41, 5.74) is -4.08. The third-order valence-corrected chi connectivity index (χ3v) is 5.67. The molecular weight excluding hydrogens is 442 g/mol. The van der Waals surface area contributed by atoms with Gasteiger partial charge in [0, 0.05) is 22.9 Å². The number of aromatic nitrogens is 3. The lowest BCUT2D eigenvalue weighted by molar-refractivity contribution is -0.148. The third-order valence-electron chi connectivity index (χ3n) is 5.36. The minimum atomic E-state index is -4.86. The van der Waals surface area contributed by atoms with Gasteiger partial charge in [0.1, 0.15) is 5.82 Å². The molecular formula is C20H16ClF4N3O3. The van der Waals surface area contributed by atoms with Crippen molar-refractivity contribution in [2.24, 2.45) is 0 Å². The normalized spacial score (nSPS) is 21.2. The van der Waals surface area contributed by atoms with E-state index in [1.165, 1.54) is 19.1 Å². The van der Waals surface area contributed by atoms with E-state index in [1.807, 2.05) is 0 Å². The molecule has 3 aromatic rings. The molecule has 0 bridgehead atoms. The molecule has 1 aliphatic carbocycles. The first kappa shape index (κ1) is 21.4. The van der Waals surface area contributed by atoms with E-state index in [2.05, 4.69) is 10.1 Å². The third kappa shape index (κ3) is 3.59. The highest BCUT2D eigenvalue weighted by molar-refractivity contribution is 6.33. The van der Waals surface area contributed by atoms with Crippen molar-refractivity contribution in [1.82, 2.24) is 14.8 Å². The van der Waals surface area contributed by atoms with E-state index in [9.17, 15) is 32.6 Å². The van der Waals surface area contributed by atoms with Crippen LogP contribution in [0.1, 0.15) is 41.9 Å². The van der Waals surface area contributed by atoms with Crippen molar-refractivity contribution in [3.63, 3.8) is 0 Å². The van der Waals surface area contributed by atoms with E-state index in [0.717, 1.165) is 23.1 Å². The Hall–Kier alpha value is -2.85. The number of rotatable bonds is 4. The quantitative estimate of drug-likeness (QED) is 0.473. The van der Waals surface area contributed by atoms with Crippen molar-refractivity contribution in [3.05, 3.63) is 52.7 Å².